The number of rotatable bonds is 5. The summed E-state index contributed by atoms with van der Waals surface area (Å²) >= 11 is 2.78. The van der Waals surface area contributed by atoms with Gasteiger partial charge in [0, 0.05) is 17.3 Å². The fourth-order valence-corrected chi connectivity index (χ4v) is 4.99. The van der Waals surface area contributed by atoms with Gasteiger partial charge in [0.05, 0.1) is 15.8 Å². The number of pyridine rings is 1. The van der Waals surface area contributed by atoms with E-state index >= 15 is 0 Å². The maximum Gasteiger partial charge on any atom is 0.338 e. The molecule has 3 aromatic rings. The SMILES string of the molecule is C=CCOC(=O)C1=C(C)N=c2s/c(=C/c3cccnc3)c(=O)n2[C@@H]1c1cccs1. The second kappa shape index (κ2) is 8.10. The highest BCUT2D eigenvalue weighted by molar-refractivity contribution is 7.10. The van der Waals surface area contributed by atoms with Gasteiger partial charge in [-0.15, -0.1) is 11.3 Å². The second-order valence-corrected chi connectivity index (χ2v) is 8.26. The summed E-state index contributed by atoms with van der Waals surface area (Å²) in [6, 6.07) is 6.93. The lowest BCUT2D eigenvalue weighted by atomic mass is 10.0. The smallest absolute Gasteiger partial charge is 0.338 e. The normalized spacial score (nSPS) is 16.3. The molecule has 1 aliphatic rings. The maximum absolute atomic E-state index is 13.3. The summed E-state index contributed by atoms with van der Waals surface area (Å²) in [5.74, 6) is -0.494. The Kier molecular flexibility index (Phi) is 5.37. The topological polar surface area (TPSA) is 73.6 Å². The van der Waals surface area contributed by atoms with Crippen LogP contribution in [-0.2, 0) is 9.53 Å². The lowest BCUT2D eigenvalue weighted by molar-refractivity contribution is -0.138. The van der Waals surface area contributed by atoms with E-state index in [2.05, 4.69) is 16.6 Å². The molecule has 0 bridgehead atoms. The van der Waals surface area contributed by atoms with Gasteiger partial charge in [-0.1, -0.05) is 36.1 Å². The van der Waals surface area contributed by atoms with Crippen molar-refractivity contribution in [3.05, 3.63) is 96.1 Å². The molecule has 8 heteroatoms. The van der Waals surface area contributed by atoms with Crippen LogP contribution in [0.2, 0.25) is 0 Å². The zero-order valence-corrected chi connectivity index (χ0v) is 17.2. The predicted octanol–water partition coefficient (Wildman–Crippen LogP) is 2.42. The van der Waals surface area contributed by atoms with Gasteiger partial charge in [0.15, 0.2) is 4.80 Å². The molecule has 0 radical (unpaired) electrons. The van der Waals surface area contributed by atoms with Crippen LogP contribution in [0.15, 0.2) is 75.8 Å². The Labute approximate surface area is 174 Å². The van der Waals surface area contributed by atoms with Crippen LogP contribution in [0.4, 0.5) is 0 Å². The van der Waals surface area contributed by atoms with Crippen LogP contribution in [0.25, 0.3) is 6.08 Å². The number of nitrogens with zero attached hydrogens (tertiary/aromatic N) is 3. The molecule has 0 aromatic carbocycles. The number of hydrogen-bond donors (Lipinski definition) is 0. The van der Waals surface area contributed by atoms with Gasteiger partial charge in [0.1, 0.15) is 12.6 Å². The quantitative estimate of drug-likeness (QED) is 0.467. The highest BCUT2D eigenvalue weighted by atomic mass is 32.1. The summed E-state index contributed by atoms with van der Waals surface area (Å²) in [5, 5.41) is 1.92. The van der Waals surface area contributed by atoms with Crippen molar-refractivity contribution in [1.82, 2.24) is 9.55 Å². The number of aromatic nitrogens is 2. The van der Waals surface area contributed by atoms with Crippen molar-refractivity contribution in [1.29, 1.82) is 0 Å². The lowest BCUT2D eigenvalue weighted by Crippen LogP contribution is -2.39. The third kappa shape index (κ3) is 3.64. The molecule has 1 aliphatic heterocycles. The van der Waals surface area contributed by atoms with Gasteiger partial charge in [-0.25, -0.2) is 9.79 Å². The highest BCUT2D eigenvalue weighted by Crippen LogP contribution is 2.33. The van der Waals surface area contributed by atoms with Crippen molar-refractivity contribution < 1.29 is 9.53 Å². The summed E-state index contributed by atoms with van der Waals surface area (Å²) in [6.45, 7) is 5.44. The Morgan fingerprint density at radius 3 is 2.93 bits per heavy atom. The van der Waals surface area contributed by atoms with E-state index in [-0.39, 0.29) is 12.2 Å². The van der Waals surface area contributed by atoms with Crippen LogP contribution in [-0.4, -0.2) is 22.1 Å². The minimum Gasteiger partial charge on any atom is -0.458 e. The summed E-state index contributed by atoms with van der Waals surface area (Å²) in [5.41, 5.74) is 1.55. The van der Waals surface area contributed by atoms with Crippen molar-refractivity contribution in [2.45, 2.75) is 13.0 Å². The predicted molar refractivity (Wildman–Crippen MR) is 113 cm³/mol. The number of allylic oxidation sites excluding steroid dienone is 1. The van der Waals surface area contributed by atoms with Crippen LogP contribution in [0.1, 0.15) is 23.4 Å². The Balaban J connectivity index is 1.92. The number of thiazole rings is 1. The summed E-state index contributed by atoms with van der Waals surface area (Å²) in [7, 11) is 0. The maximum atomic E-state index is 13.3. The number of fused-ring (bicyclic) bond motifs is 1. The van der Waals surface area contributed by atoms with E-state index in [1.54, 1.807) is 30.0 Å². The molecule has 0 saturated heterocycles. The molecule has 29 heavy (non-hydrogen) atoms. The first-order chi connectivity index (χ1) is 14.1. The van der Waals surface area contributed by atoms with Gasteiger partial charge in [-0.2, -0.15) is 0 Å². The minimum atomic E-state index is -0.570. The van der Waals surface area contributed by atoms with Crippen LogP contribution in [0, 0.1) is 0 Å². The van der Waals surface area contributed by atoms with E-state index in [1.165, 1.54) is 28.7 Å². The molecule has 3 aromatic heterocycles. The van der Waals surface area contributed by atoms with Crippen LogP contribution < -0.4 is 14.9 Å². The molecule has 0 aliphatic carbocycles. The first-order valence-corrected chi connectivity index (χ1v) is 10.5. The van der Waals surface area contributed by atoms with Gasteiger partial charge >= 0.3 is 5.97 Å². The molecule has 4 rings (SSSR count). The molecule has 6 nitrogen and oxygen atoms in total. The fourth-order valence-electron chi connectivity index (χ4n) is 3.12. The number of carbonyl (C=O) groups excluding carboxylic acids is 1. The number of carbonyl (C=O) groups is 1. The number of esters is 1. The third-order valence-electron chi connectivity index (χ3n) is 4.37. The summed E-state index contributed by atoms with van der Waals surface area (Å²) in [4.78, 5) is 36.1. The molecule has 0 unspecified atom stereocenters. The molecule has 0 fully saturated rings. The Morgan fingerprint density at radius 2 is 2.24 bits per heavy atom. The molecule has 4 heterocycles. The van der Waals surface area contributed by atoms with Gasteiger partial charge in [-0.05, 0) is 36.1 Å². The van der Waals surface area contributed by atoms with Gasteiger partial charge < -0.3 is 4.74 Å². The first-order valence-electron chi connectivity index (χ1n) is 8.84. The number of thiophene rings is 1. The van der Waals surface area contributed by atoms with E-state index in [0.29, 0.717) is 20.6 Å². The van der Waals surface area contributed by atoms with Crippen LogP contribution in [0.5, 0.6) is 0 Å². The number of ether oxygens (including phenoxy) is 1. The van der Waals surface area contributed by atoms with Gasteiger partial charge in [0.25, 0.3) is 5.56 Å². The zero-order chi connectivity index (χ0) is 20.4. The van der Waals surface area contributed by atoms with Crippen molar-refractivity contribution in [2.75, 3.05) is 6.61 Å². The molecule has 0 spiro atoms. The van der Waals surface area contributed by atoms with E-state index in [9.17, 15) is 9.59 Å². The average molecular weight is 424 g/mol. The average Bonchev–Trinajstić information content (AvgIpc) is 3.35. The van der Waals surface area contributed by atoms with Crippen molar-refractivity contribution >= 4 is 34.7 Å². The second-order valence-electron chi connectivity index (χ2n) is 6.27. The molecular formula is C21H17N3O3S2. The van der Waals surface area contributed by atoms with E-state index < -0.39 is 12.0 Å². The standard InChI is InChI=1S/C21H17N3O3S2/c1-3-9-27-20(26)17-13(2)23-21-24(18(17)15-7-5-10-28-15)19(25)16(29-21)11-14-6-4-8-22-12-14/h3-8,10-12,18H,1,9H2,2H3/b16-11+/t18-/m1/s1. The van der Waals surface area contributed by atoms with Gasteiger partial charge in [-0.3, -0.25) is 14.3 Å². The van der Waals surface area contributed by atoms with Crippen LogP contribution in [0.3, 0.4) is 0 Å². The largest absolute Gasteiger partial charge is 0.458 e. The number of hydrogen-bond acceptors (Lipinski definition) is 7. The van der Waals surface area contributed by atoms with E-state index in [0.717, 1.165) is 10.4 Å². The van der Waals surface area contributed by atoms with E-state index in [1.807, 2.05) is 29.6 Å². The minimum absolute atomic E-state index is 0.0954. The van der Waals surface area contributed by atoms with Crippen molar-refractivity contribution in [3.63, 3.8) is 0 Å². The zero-order valence-electron chi connectivity index (χ0n) is 15.6. The third-order valence-corrected chi connectivity index (χ3v) is 6.28. The Hall–Kier alpha value is -3.10. The summed E-state index contributed by atoms with van der Waals surface area (Å²) in [6.07, 6.45) is 6.67. The first kappa shape index (κ1) is 19.2. The molecular weight excluding hydrogens is 406 g/mol. The molecule has 146 valence electrons. The molecule has 0 amide bonds. The Morgan fingerprint density at radius 1 is 1.38 bits per heavy atom. The Bertz CT molecular complexity index is 1270. The highest BCUT2D eigenvalue weighted by Gasteiger charge is 2.33. The molecule has 0 saturated carbocycles. The monoisotopic (exact) mass is 423 g/mol. The van der Waals surface area contributed by atoms with Crippen molar-refractivity contribution in [2.24, 2.45) is 4.99 Å². The molecule has 1 atom stereocenters. The van der Waals surface area contributed by atoms with E-state index in [4.69, 9.17) is 4.74 Å². The van der Waals surface area contributed by atoms with Crippen molar-refractivity contribution in [3.8, 4) is 0 Å². The fraction of sp³-hybridized carbons (Fsp3) is 0.143. The van der Waals surface area contributed by atoms with Gasteiger partial charge in [0.2, 0.25) is 0 Å². The van der Waals surface area contributed by atoms with Crippen LogP contribution >= 0.6 is 22.7 Å². The lowest BCUT2D eigenvalue weighted by Gasteiger charge is -2.23. The summed E-state index contributed by atoms with van der Waals surface area (Å²) < 4.78 is 7.40. The molecule has 0 N–H and O–H groups in total.